The number of hydrogen-bond donors (Lipinski definition) is 1. The van der Waals surface area contributed by atoms with Gasteiger partial charge < -0.3 is 0 Å². The van der Waals surface area contributed by atoms with Crippen molar-refractivity contribution in [1.29, 1.82) is 0 Å². The Morgan fingerprint density at radius 3 is 2.31 bits per heavy atom. The van der Waals surface area contributed by atoms with Gasteiger partial charge in [0.15, 0.2) is 0 Å². The first-order valence-corrected chi connectivity index (χ1v) is 4.91. The van der Waals surface area contributed by atoms with Crippen LogP contribution in [0.1, 0.15) is 19.4 Å². The van der Waals surface area contributed by atoms with Gasteiger partial charge >= 0.3 is 11.4 Å². The van der Waals surface area contributed by atoms with Crippen LogP contribution in [0.15, 0.2) is 30.3 Å². The van der Waals surface area contributed by atoms with E-state index < -0.39 is 17.0 Å². The topological polar surface area (TPSA) is 46.5 Å². The highest BCUT2D eigenvalue weighted by Gasteiger charge is 2.23. The summed E-state index contributed by atoms with van der Waals surface area (Å²) in [4.78, 5) is 0. The summed E-state index contributed by atoms with van der Waals surface area (Å²) in [6.07, 6.45) is 0. The minimum absolute atomic E-state index is 0.735. The first-order chi connectivity index (χ1) is 6.02. The van der Waals surface area contributed by atoms with E-state index in [1.165, 1.54) is 0 Å². The van der Waals surface area contributed by atoms with E-state index in [0.29, 0.717) is 0 Å². The van der Waals surface area contributed by atoms with Gasteiger partial charge in [0.1, 0.15) is 5.60 Å². The average Bonchev–Trinajstić information content (AvgIpc) is 2.04. The summed E-state index contributed by atoms with van der Waals surface area (Å²) in [6.45, 7) is 3.49. The molecule has 0 aromatic heterocycles. The van der Waals surface area contributed by atoms with Crippen LogP contribution in [0.5, 0.6) is 0 Å². The van der Waals surface area contributed by atoms with Crippen LogP contribution in [0.3, 0.4) is 0 Å². The Labute approximate surface area is 80.2 Å². The highest BCUT2D eigenvalue weighted by atomic mass is 32.2. The maximum atomic E-state index is 10.5. The SMILES string of the molecule is CC(C)(OS(=O)O)c1ccccc1. The molecule has 0 heterocycles. The molecule has 0 amide bonds. The van der Waals surface area contributed by atoms with Gasteiger partial charge in [-0.1, -0.05) is 30.3 Å². The molecule has 1 aromatic carbocycles. The Morgan fingerprint density at radius 1 is 1.31 bits per heavy atom. The van der Waals surface area contributed by atoms with Crippen molar-refractivity contribution >= 4 is 11.4 Å². The Kier molecular flexibility index (Phi) is 3.19. The van der Waals surface area contributed by atoms with Gasteiger partial charge in [0.25, 0.3) is 0 Å². The fraction of sp³-hybridized carbons (Fsp3) is 0.333. The summed E-state index contributed by atoms with van der Waals surface area (Å²) in [5.74, 6) is 0. The van der Waals surface area contributed by atoms with E-state index >= 15 is 0 Å². The largest absolute Gasteiger partial charge is 0.302 e. The van der Waals surface area contributed by atoms with E-state index in [0.717, 1.165) is 5.56 Å². The average molecular weight is 200 g/mol. The van der Waals surface area contributed by atoms with Crippen molar-refractivity contribution in [1.82, 2.24) is 0 Å². The molecule has 0 fully saturated rings. The van der Waals surface area contributed by atoms with Gasteiger partial charge in [-0.25, -0.2) is 0 Å². The first-order valence-electron chi connectivity index (χ1n) is 3.88. The van der Waals surface area contributed by atoms with E-state index in [2.05, 4.69) is 0 Å². The van der Waals surface area contributed by atoms with Gasteiger partial charge in [-0.15, -0.1) is 0 Å². The summed E-state index contributed by atoms with van der Waals surface area (Å²) >= 11 is -2.24. The van der Waals surface area contributed by atoms with Gasteiger partial charge in [-0.2, -0.15) is 4.21 Å². The van der Waals surface area contributed by atoms with Crippen LogP contribution in [0, 0.1) is 0 Å². The Hall–Kier alpha value is -0.710. The van der Waals surface area contributed by atoms with Crippen LogP contribution in [-0.2, 0) is 21.1 Å². The van der Waals surface area contributed by atoms with Crippen molar-refractivity contribution in [3.05, 3.63) is 35.9 Å². The van der Waals surface area contributed by atoms with Crippen LogP contribution in [0.4, 0.5) is 0 Å². The van der Waals surface area contributed by atoms with Gasteiger partial charge in [0, 0.05) is 0 Å². The molecule has 0 bridgehead atoms. The van der Waals surface area contributed by atoms with Gasteiger partial charge in [0.05, 0.1) is 0 Å². The molecule has 0 spiro atoms. The quantitative estimate of drug-likeness (QED) is 0.760. The van der Waals surface area contributed by atoms with Crippen LogP contribution in [-0.4, -0.2) is 8.76 Å². The zero-order valence-corrected chi connectivity index (χ0v) is 8.38. The lowest BCUT2D eigenvalue weighted by atomic mass is 9.99. The lowest BCUT2D eigenvalue weighted by molar-refractivity contribution is 0.114. The third kappa shape index (κ3) is 2.91. The Balaban J connectivity index is 2.87. The maximum Gasteiger partial charge on any atom is 0.302 e. The van der Waals surface area contributed by atoms with Crippen molar-refractivity contribution in [3.63, 3.8) is 0 Å². The standard InChI is InChI=1S/C9H12O3S/c1-9(2,12-13(10)11)8-6-4-3-5-7-8/h3-7H,1-2H3,(H,10,11). The molecular weight excluding hydrogens is 188 g/mol. The van der Waals surface area contributed by atoms with E-state index in [-0.39, 0.29) is 0 Å². The van der Waals surface area contributed by atoms with Crippen LogP contribution in [0.25, 0.3) is 0 Å². The fourth-order valence-electron chi connectivity index (χ4n) is 1.07. The van der Waals surface area contributed by atoms with Crippen molar-refractivity contribution in [2.75, 3.05) is 0 Å². The smallest absolute Gasteiger partial charge is 0.284 e. The molecule has 13 heavy (non-hydrogen) atoms. The maximum absolute atomic E-state index is 10.5. The molecule has 0 saturated carbocycles. The van der Waals surface area contributed by atoms with Gasteiger partial charge in [-0.05, 0) is 19.4 Å². The van der Waals surface area contributed by atoms with Crippen molar-refractivity contribution in [3.8, 4) is 0 Å². The molecule has 3 nitrogen and oxygen atoms in total. The summed E-state index contributed by atoms with van der Waals surface area (Å²) in [5, 5.41) is 0. The van der Waals surface area contributed by atoms with Crippen LogP contribution >= 0.6 is 0 Å². The molecule has 0 aliphatic carbocycles. The normalized spacial score (nSPS) is 14.1. The molecule has 4 heteroatoms. The summed E-state index contributed by atoms with van der Waals surface area (Å²) in [6, 6.07) is 9.32. The third-order valence-electron chi connectivity index (χ3n) is 1.75. The molecule has 0 saturated heterocycles. The predicted octanol–water partition coefficient (Wildman–Crippen LogP) is 2.08. The monoisotopic (exact) mass is 200 g/mol. The minimum Gasteiger partial charge on any atom is -0.284 e. The summed E-state index contributed by atoms with van der Waals surface area (Å²) in [7, 11) is 0. The van der Waals surface area contributed by atoms with Crippen LogP contribution in [0.2, 0.25) is 0 Å². The van der Waals surface area contributed by atoms with Crippen molar-refractivity contribution < 1.29 is 12.9 Å². The Morgan fingerprint density at radius 2 is 1.85 bits per heavy atom. The second-order valence-corrected chi connectivity index (χ2v) is 3.78. The molecule has 1 unspecified atom stereocenters. The van der Waals surface area contributed by atoms with E-state index in [9.17, 15) is 4.21 Å². The highest BCUT2D eigenvalue weighted by molar-refractivity contribution is 7.74. The zero-order chi connectivity index (χ0) is 9.90. The second kappa shape index (κ2) is 4.00. The molecule has 72 valence electrons. The Bertz CT molecular complexity index is 295. The van der Waals surface area contributed by atoms with E-state index in [1.54, 1.807) is 13.8 Å². The van der Waals surface area contributed by atoms with Crippen molar-refractivity contribution in [2.45, 2.75) is 19.4 Å². The second-order valence-electron chi connectivity index (χ2n) is 3.18. The zero-order valence-electron chi connectivity index (χ0n) is 7.56. The molecule has 1 atom stereocenters. The molecule has 0 radical (unpaired) electrons. The molecule has 0 aliphatic rings. The molecule has 1 rings (SSSR count). The van der Waals surface area contributed by atoms with E-state index in [1.807, 2.05) is 30.3 Å². The number of hydrogen-bond acceptors (Lipinski definition) is 2. The number of benzene rings is 1. The summed E-state index contributed by atoms with van der Waals surface area (Å²) in [5.41, 5.74) is 0.137. The lowest BCUT2D eigenvalue weighted by Crippen LogP contribution is -2.22. The number of rotatable bonds is 3. The van der Waals surface area contributed by atoms with E-state index in [4.69, 9.17) is 8.74 Å². The predicted molar refractivity (Wildman–Crippen MR) is 51.3 cm³/mol. The van der Waals surface area contributed by atoms with Crippen molar-refractivity contribution in [2.24, 2.45) is 0 Å². The lowest BCUT2D eigenvalue weighted by Gasteiger charge is -2.22. The third-order valence-corrected chi connectivity index (χ3v) is 2.31. The first kappa shape index (κ1) is 10.4. The molecular formula is C9H12O3S. The summed E-state index contributed by atoms with van der Waals surface area (Å²) < 4.78 is 23.9. The highest BCUT2D eigenvalue weighted by Crippen LogP contribution is 2.24. The van der Waals surface area contributed by atoms with Gasteiger partial charge in [0.2, 0.25) is 0 Å². The minimum atomic E-state index is -2.24. The van der Waals surface area contributed by atoms with Gasteiger partial charge in [-0.3, -0.25) is 8.74 Å². The van der Waals surface area contributed by atoms with Crippen LogP contribution < -0.4 is 0 Å². The molecule has 0 aliphatic heterocycles. The fourth-order valence-corrected chi connectivity index (χ4v) is 1.52. The molecule has 1 aromatic rings. The molecule has 1 N–H and O–H groups in total.